The zero-order valence-electron chi connectivity index (χ0n) is 24.0. The van der Waals surface area contributed by atoms with Gasteiger partial charge in [-0.05, 0) is 69.1 Å². The van der Waals surface area contributed by atoms with Crippen molar-refractivity contribution in [2.45, 2.75) is 31.8 Å². The number of likely N-dealkylation sites (tertiary alicyclic amines) is 1. The zero-order valence-corrected chi connectivity index (χ0v) is 24.0. The SMILES string of the molecule is CN1CCC(Oc2cc(N3CCCC3)ccc2C(=O)Nc2ccc(F)cc2C(=O)Nc2ccc([N+](=O)[O-])cc2[N+](=O)[O-])CC1. The highest BCUT2D eigenvalue weighted by Gasteiger charge is 2.26. The highest BCUT2D eigenvalue weighted by Crippen LogP contribution is 2.33. The molecule has 3 aromatic carbocycles. The Balaban J connectivity index is 1.42. The van der Waals surface area contributed by atoms with Gasteiger partial charge in [0, 0.05) is 44.0 Å². The average molecular weight is 607 g/mol. The van der Waals surface area contributed by atoms with Gasteiger partial charge in [-0.1, -0.05) is 0 Å². The number of non-ortho nitro benzene ring substituents is 1. The summed E-state index contributed by atoms with van der Waals surface area (Å²) in [5.74, 6) is -1.95. The smallest absolute Gasteiger partial charge is 0.299 e. The number of amides is 2. The molecule has 0 unspecified atom stereocenters. The van der Waals surface area contributed by atoms with Gasteiger partial charge in [-0.25, -0.2) is 4.39 Å². The topological polar surface area (TPSA) is 160 Å². The molecule has 2 aliphatic heterocycles. The van der Waals surface area contributed by atoms with Crippen molar-refractivity contribution in [1.82, 2.24) is 4.90 Å². The number of nitrogens with zero attached hydrogens (tertiary/aromatic N) is 4. The molecule has 2 N–H and O–H groups in total. The van der Waals surface area contributed by atoms with Crippen molar-refractivity contribution in [3.05, 3.63) is 91.8 Å². The number of nitro groups is 2. The molecule has 3 aromatic rings. The van der Waals surface area contributed by atoms with Crippen LogP contribution in [-0.4, -0.2) is 65.9 Å². The standard InChI is InChI=1S/C30H31FN6O7/c1-34-14-10-22(11-15-34)44-28-18-20(35-12-2-3-13-35)5-7-23(28)29(38)32-25-8-4-19(31)16-24(25)30(39)33-26-9-6-21(36(40)41)17-27(26)37(42)43/h4-9,16-18,22H,2-3,10-15H2,1H3,(H,32,38)(H,33,39). The van der Waals surface area contributed by atoms with E-state index in [0.29, 0.717) is 11.8 Å². The van der Waals surface area contributed by atoms with E-state index in [0.717, 1.165) is 81.8 Å². The van der Waals surface area contributed by atoms with E-state index in [-0.39, 0.29) is 28.6 Å². The Morgan fingerprint density at radius 1 is 0.841 bits per heavy atom. The number of hydrogen-bond acceptors (Lipinski definition) is 9. The van der Waals surface area contributed by atoms with Crippen LogP contribution in [0.3, 0.4) is 0 Å². The fraction of sp³-hybridized carbons (Fsp3) is 0.333. The number of benzene rings is 3. The minimum absolute atomic E-state index is 0.0488. The van der Waals surface area contributed by atoms with E-state index in [2.05, 4.69) is 20.4 Å². The molecular weight excluding hydrogens is 575 g/mol. The summed E-state index contributed by atoms with van der Waals surface area (Å²) in [7, 11) is 2.04. The summed E-state index contributed by atoms with van der Waals surface area (Å²) in [4.78, 5) is 52.2. The minimum atomic E-state index is -0.969. The molecule has 0 saturated carbocycles. The average Bonchev–Trinajstić information content (AvgIpc) is 3.54. The molecule has 2 amide bonds. The van der Waals surface area contributed by atoms with Crippen molar-refractivity contribution in [1.29, 1.82) is 0 Å². The molecule has 5 rings (SSSR count). The number of carbonyl (C=O) groups is 2. The molecule has 0 radical (unpaired) electrons. The highest BCUT2D eigenvalue weighted by molar-refractivity contribution is 6.13. The summed E-state index contributed by atoms with van der Waals surface area (Å²) < 4.78 is 20.7. The van der Waals surface area contributed by atoms with Gasteiger partial charge in [-0.2, -0.15) is 0 Å². The Morgan fingerprint density at radius 3 is 2.18 bits per heavy atom. The van der Waals surface area contributed by atoms with Crippen molar-refractivity contribution in [3.8, 4) is 5.75 Å². The number of nitrogens with one attached hydrogen (secondary N) is 2. The summed E-state index contributed by atoms with van der Waals surface area (Å²) >= 11 is 0. The summed E-state index contributed by atoms with van der Waals surface area (Å²) in [5.41, 5.74) is -0.781. The van der Waals surface area contributed by atoms with Gasteiger partial charge < -0.3 is 25.2 Å². The quantitative estimate of drug-likeness (QED) is 0.246. The van der Waals surface area contributed by atoms with Crippen molar-refractivity contribution < 1.29 is 28.6 Å². The van der Waals surface area contributed by atoms with Crippen LogP contribution in [0.5, 0.6) is 5.75 Å². The molecule has 2 aliphatic rings. The molecule has 0 aromatic heterocycles. The predicted octanol–water partition coefficient (Wildman–Crippen LogP) is 5.22. The van der Waals surface area contributed by atoms with Gasteiger partial charge in [0.1, 0.15) is 23.4 Å². The molecular formula is C30H31FN6O7. The second-order valence-electron chi connectivity index (χ2n) is 10.8. The Morgan fingerprint density at radius 2 is 1.50 bits per heavy atom. The molecule has 2 heterocycles. The first-order chi connectivity index (χ1) is 21.1. The summed E-state index contributed by atoms with van der Waals surface area (Å²) in [6, 6.07) is 11.2. The lowest BCUT2D eigenvalue weighted by molar-refractivity contribution is -0.393. The molecule has 0 aliphatic carbocycles. The molecule has 14 heteroatoms. The number of carbonyl (C=O) groups excluding carboxylic acids is 2. The van der Waals surface area contributed by atoms with Crippen LogP contribution in [0.25, 0.3) is 0 Å². The monoisotopic (exact) mass is 606 g/mol. The minimum Gasteiger partial charge on any atom is -0.489 e. The lowest BCUT2D eigenvalue weighted by Gasteiger charge is -2.30. The highest BCUT2D eigenvalue weighted by atomic mass is 19.1. The predicted molar refractivity (Wildman–Crippen MR) is 161 cm³/mol. The van der Waals surface area contributed by atoms with Crippen molar-refractivity contribution in [2.24, 2.45) is 0 Å². The molecule has 44 heavy (non-hydrogen) atoms. The van der Waals surface area contributed by atoms with Gasteiger partial charge >= 0.3 is 0 Å². The van der Waals surface area contributed by atoms with Crippen LogP contribution in [0.1, 0.15) is 46.4 Å². The van der Waals surface area contributed by atoms with E-state index in [9.17, 15) is 34.2 Å². The van der Waals surface area contributed by atoms with Gasteiger partial charge in [-0.15, -0.1) is 0 Å². The van der Waals surface area contributed by atoms with E-state index >= 15 is 0 Å². The first kappa shape index (κ1) is 30.4. The Labute approximate surface area is 251 Å². The number of halogens is 1. The van der Waals surface area contributed by atoms with Gasteiger partial charge in [0.25, 0.3) is 23.2 Å². The molecule has 0 bridgehead atoms. The van der Waals surface area contributed by atoms with Gasteiger partial charge in [-0.3, -0.25) is 29.8 Å². The number of anilines is 3. The van der Waals surface area contributed by atoms with Crippen LogP contribution in [-0.2, 0) is 0 Å². The second kappa shape index (κ2) is 13.0. The van der Waals surface area contributed by atoms with Gasteiger partial charge in [0.2, 0.25) is 0 Å². The number of hydrogen-bond donors (Lipinski definition) is 2. The molecule has 2 fully saturated rings. The van der Waals surface area contributed by atoms with Crippen LogP contribution in [0, 0.1) is 26.0 Å². The molecule has 0 atom stereocenters. The fourth-order valence-corrected chi connectivity index (χ4v) is 5.33. The van der Waals surface area contributed by atoms with Crippen LogP contribution < -0.4 is 20.3 Å². The third kappa shape index (κ3) is 6.92. The van der Waals surface area contributed by atoms with E-state index in [1.165, 1.54) is 6.07 Å². The maximum atomic E-state index is 14.3. The molecule has 13 nitrogen and oxygen atoms in total. The number of piperidine rings is 1. The Hall–Kier alpha value is -5.11. The van der Waals surface area contributed by atoms with E-state index in [4.69, 9.17) is 4.74 Å². The van der Waals surface area contributed by atoms with Crippen molar-refractivity contribution in [2.75, 3.05) is 48.8 Å². The number of ether oxygens (including phenoxy) is 1. The Kier molecular flexibility index (Phi) is 8.99. The lowest BCUT2D eigenvalue weighted by Crippen LogP contribution is -2.36. The zero-order chi connectivity index (χ0) is 31.4. The van der Waals surface area contributed by atoms with Gasteiger partial charge in [0.15, 0.2) is 0 Å². The summed E-state index contributed by atoms with van der Waals surface area (Å²) in [5, 5.41) is 27.6. The van der Waals surface area contributed by atoms with Gasteiger partial charge in [0.05, 0.1) is 32.7 Å². The van der Waals surface area contributed by atoms with E-state index in [1.54, 1.807) is 6.07 Å². The fourth-order valence-electron chi connectivity index (χ4n) is 5.33. The maximum absolute atomic E-state index is 14.3. The first-order valence-corrected chi connectivity index (χ1v) is 14.2. The van der Waals surface area contributed by atoms with Crippen molar-refractivity contribution >= 4 is 40.3 Å². The van der Waals surface area contributed by atoms with Crippen LogP contribution >= 0.6 is 0 Å². The summed E-state index contributed by atoms with van der Waals surface area (Å²) in [6.45, 7) is 3.53. The number of rotatable bonds is 9. The van der Waals surface area contributed by atoms with Crippen LogP contribution in [0.15, 0.2) is 54.6 Å². The maximum Gasteiger partial charge on any atom is 0.299 e. The van der Waals surface area contributed by atoms with Crippen molar-refractivity contribution in [3.63, 3.8) is 0 Å². The van der Waals surface area contributed by atoms with Crippen LogP contribution in [0.4, 0.5) is 32.8 Å². The first-order valence-electron chi connectivity index (χ1n) is 14.2. The Bertz CT molecular complexity index is 1600. The second-order valence-corrected chi connectivity index (χ2v) is 10.8. The lowest BCUT2D eigenvalue weighted by atomic mass is 10.1. The van der Waals surface area contributed by atoms with E-state index in [1.807, 2.05) is 19.2 Å². The normalized spacial score (nSPS) is 15.5. The van der Waals surface area contributed by atoms with Crippen LogP contribution in [0.2, 0.25) is 0 Å². The number of nitro benzene ring substituents is 2. The molecule has 0 spiro atoms. The largest absolute Gasteiger partial charge is 0.489 e. The molecule has 230 valence electrons. The summed E-state index contributed by atoms with van der Waals surface area (Å²) in [6.07, 6.45) is 3.65. The third-order valence-electron chi connectivity index (χ3n) is 7.75. The third-order valence-corrected chi connectivity index (χ3v) is 7.75. The molecule has 2 saturated heterocycles. The van der Waals surface area contributed by atoms with E-state index < -0.39 is 38.9 Å².